The minimum absolute atomic E-state index is 0.104. The molecule has 5 aliphatic rings. The highest BCUT2D eigenvalue weighted by Gasteiger charge is 2.60. The van der Waals surface area contributed by atoms with Gasteiger partial charge < -0.3 is 9.47 Å². The van der Waals surface area contributed by atoms with Crippen LogP contribution in [-0.4, -0.2) is 48.3 Å². The van der Waals surface area contributed by atoms with Gasteiger partial charge in [0.25, 0.3) is 0 Å². The molecule has 0 spiro atoms. The molecule has 0 aromatic carbocycles. The van der Waals surface area contributed by atoms with Gasteiger partial charge in [-0.05, 0) is 58.2 Å². The molecule has 1 saturated carbocycles. The second kappa shape index (κ2) is 5.76. The predicted octanol–water partition coefficient (Wildman–Crippen LogP) is 2.74. The van der Waals surface area contributed by atoms with Gasteiger partial charge in [-0.3, -0.25) is 0 Å². The third kappa shape index (κ3) is 2.61. The zero-order valence-corrected chi connectivity index (χ0v) is 14.8. The summed E-state index contributed by atoms with van der Waals surface area (Å²) in [7, 11) is 2.12. The molecule has 8 heteroatoms. The molecule has 23 heavy (non-hydrogen) atoms. The van der Waals surface area contributed by atoms with E-state index < -0.39 is 12.5 Å². The second-order valence-corrected chi connectivity index (χ2v) is 10.8. The van der Waals surface area contributed by atoms with Crippen molar-refractivity contribution in [1.82, 2.24) is 0 Å². The van der Waals surface area contributed by atoms with Crippen molar-refractivity contribution in [1.29, 1.82) is 0 Å². The van der Waals surface area contributed by atoms with Crippen LogP contribution in [0.25, 0.3) is 0 Å². The van der Waals surface area contributed by atoms with Crippen molar-refractivity contribution >= 4 is 17.2 Å². The van der Waals surface area contributed by atoms with Gasteiger partial charge in [-0.1, -0.05) is 0 Å². The maximum Gasteiger partial charge on any atom is 0.190 e. The van der Waals surface area contributed by atoms with Crippen LogP contribution in [0.2, 0.25) is 0 Å². The summed E-state index contributed by atoms with van der Waals surface area (Å²) in [6, 6.07) is 0. The third-order valence-electron chi connectivity index (χ3n) is 6.48. The number of hydrogen-bond acceptors (Lipinski definition) is 6. The van der Waals surface area contributed by atoms with Crippen molar-refractivity contribution < 1.29 is 9.47 Å². The number of nitroso groups, excluding NO2 is 2. The van der Waals surface area contributed by atoms with Crippen molar-refractivity contribution in [2.75, 3.05) is 12.3 Å². The SMILES string of the molecule is O=NC1CC2CC(N=O)OC3C(C4CP4)CC(C4CP4)C(O1)C23. The Morgan fingerprint density at radius 2 is 1.26 bits per heavy atom. The van der Waals surface area contributed by atoms with Gasteiger partial charge in [0.2, 0.25) is 0 Å². The quantitative estimate of drug-likeness (QED) is 0.573. The molecule has 10 unspecified atom stereocenters. The lowest BCUT2D eigenvalue weighted by atomic mass is 9.61. The Labute approximate surface area is 138 Å². The van der Waals surface area contributed by atoms with E-state index in [2.05, 4.69) is 10.4 Å². The Kier molecular flexibility index (Phi) is 3.82. The van der Waals surface area contributed by atoms with E-state index >= 15 is 0 Å². The molecule has 0 amide bonds. The van der Waals surface area contributed by atoms with Crippen LogP contribution in [-0.2, 0) is 9.47 Å². The molecule has 5 rings (SSSR count). The molecule has 4 heterocycles. The normalized spacial score (nSPS) is 59.3. The van der Waals surface area contributed by atoms with E-state index in [9.17, 15) is 9.81 Å². The summed E-state index contributed by atoms with van der Waals surface area (Å²) in [5.41, 5.74) is 1.58. The van der Waals surface area contributed by atoms with Crippen LogP contribution in [0.1, 0.15) is 19.3 Å². The van der Waals surface area contributed by atoms with Crippen LogP contribution in [0.5, 0.6) is 0 Å². The van der Waals surface area contributed by atoms with E-state index in [1.54, 1.807) is 0 Å². The molecule has 0 aromatic heterocycles. The molecule has 0 bridgehead atoms. The largest absolute Gasteiger partial charge is 0.349 e. The third-order valence-corrected chi connectivity index (χ3v) is 9.09. The zero-order valence-electron chi connectivity index (χ0n) is 12.8. The summed E-state index contributed by atoms with van der Waals surface area (Å²) in [6.45, 7) is 0. The highest BCUT2D eigenvalue weighted by molar-refractivity contribution is 7.48. The van der Waals surface area contributed by atoms with Gasteiger partial charge in [-0.25, -0.2) is 0 Å². The van der Waals surface area contributed by atoms with Gasteiger partial charge in [-0.15, -0.1) is 27.0 Å². The molecule has 0 N–H and O–H groups in total. The van der Waals surface area contributed by atoms with E-state index in [-0.39, 0.29) is 12.2 Å². The Hall–Kier alpha value is -0.0200. The van der Waals surface area contributed by atoms with E-state index in [1.807, 2.05) is 0 Å². The highest BCUT2D eigenvalue weighted by Crippen LogP contribution is 2.61. The van der Waals surface area contributed by atoms with E-state index in [0.717, 1.165) is 34.9 Å². The van der Waals surface area contributed by atoms with Gasteiger partial charge in [0.1, 0.15) is 0 Å². The molecule has 4 aliphatic heterocycles. The number of hydrogen-bond donors (Lipinski definition) is 0. The summed E-state index contributed by atoms with van der Waals surface area (Å²) < 4.78 is 12.3. The number of rotatable bonds is 4. The lowest BCUT2D eigenvalue weighted by Crippen LogP contribution is -2.61. The Morgan fingerprint density at radius 1 is 0.783 bits per heavy atom. The Balaban J connectivity index is 1.49. The monoisotopic (exact) mass is 356 g/mol. The van der Waals surface area contributed by atoms with Crippen molar-refractivity contribution in [3.05, 3.63) is 9.81 Å². The van der Waals surface area contributed by atoms with Gasteiger partial charge in [-0.2, -0.15) is 0 Å². The second-order valence-electron chi connectivity index (χ2n) is 7.72. The van der Waals surface area contributed by atoms with Crippen LogP contribution < -0.4 is 0 Å². The molecular weight excluding hydrogens is 334 g/mol. The average Bonchev–Trinajstić information content (AvgIpc) is 3.47. The smallest absolute Gasteiger partial charge is 0.190 e. The van der Waals surface area contributed by atoms with Gasteiger partial charge in [0, 0.05) is 18.8 Å². The summed E-state index contributed by atoms with van der Waals surface area (Å²) in [5.74, 6) is 1.78. The fourth-order valence-corrected chi connectivity index (χ4v) is 7.46. The van der Waals surface area contributed by atoms with E-state index in [1.165, 1.54) is 12.3 Å². The highest BCUT2D eigenvalue weighted by atomic mass is 31.1. The molecule has 6 nitrogen and oxygen atoms in total. The molecule has 0 radical (unpaired) electrons. The topological polar surface area (TPSA) is 77.3 Å². The molecule has 5 fully saturated rings. The fraction of sp³-hybridized carbons (Fsp3) is 1.00. The van der Waals surface area contributed by atoms with E-state index in [0.29, 0.717) is 36.5 Å². The molecule has 126 valence electrons. The van der Waals surface area contributed by atoms with Gasteiger partial charge in [0.15, 0.2) is 12.5 Å². The van der Waals surface area contributed by atoms with Crippen LogP contribution in [0, 0.1) is 33.5 Å². The lowest BCUT2D eigenvalue weighted by molar-refractivity contribution is -0.243. The first-order valence-corrected chi connectivity index (χ1v) is 11.3. The zero-order chi connectivity index (χ0) is 15.6. The van der Waals surface area contributed by atoms with Crippen molar-refractivity contribution in [3.8, 4) is 0 Å². The van der Waals surface area contributed by atoms with Gasteiger partial charge in [0.05, 0.1) is 12.2 Å². The molecular formula is C15H22N2O4P2. The first-order chi connectivity index (χ1) is 11.3. The van der Waals surface area contributed by atoms with E-state index in [4.69, 9.17) is 9.47 Å². The minimum Gasteiger partial charge on any atom is -0.349 e. The molecule has 0 aromatic rings. The van der Waals surface area contributed by atoms with Crippen molar-refractivity contribution in [2.45, 2.75) is 55.2 Å². The summed E-state index contributed by atoms with van der Waals surface area (Å²) in [5, 5.41) is 6.40. The molecule has 10 atom stereocenters. The summed E-state index contributed by atoms with van der Waals surface area (Å²) in [6.07, 6.45) is 4.18. The Morgan fingerprint density at radius 3 is 1.65 bits per heavy atom. The van der Waals surface area contributed by atoms with Crippen LogP contribution in [0.4, 0.5) is 0 Å². The lowest BCUT2D eigenvalue weighted by Gasteiger charge is -2.55. The van der Waals surface area contributed by atoms with Crippen LogP contribution >= 0.6 is 17.2 Å². The number of nitrogens with zero attached hydrogens (tertiary/aromatic N) is 2. The summed E-state index contributed by atoms with van der Waals surface area (Å²) in [4.78, 5) is 22.3. The average molecular weight is 356 g/mol. The van der Waals surface area contributed by atoms with Crippen molar-refractivity contribution in [3.63, 3.8) is 0 Å². The minimum atomic E-state index is -0.545. The van der Waals surface area contributed by atoms with Crippen molar-refractivity contribution in [2.24, 2.45) is 34.0 Å². The standard InChI is InChI=1S/C15H22N2O4P2/c18-16-11-1-6-2-12(17-19)21-15-8(10-5-23-10)3-7(9-4-22-9)14(20-11)13(6)15/h6-15,22-23H,1-5H2. The first-order valence-electron chi connectivity index (χ1n) is 8.71. The molecule has 4 saturated heterocycles. The van der Waals surface area contributed by atoms with Crippen LogP contribution in [0.15, 0.2) is 10.4 Å². The number of ether oxygens (including phenoxy) is 2. The maximum absolute atomic E-state index is 11.1. The first kappa shape index (κ1) is 15.3. The van der Waals surface area contributed by atoms with Crippen LogP contribution in [0.3, 0.4) is 0 Å². The Bertz CT molecular complexity index is 474. The van der Waals surface area contributed by atoms with Gasteiger partial charge >= 0.3 is 0 Å². The predicted molar refractivity (Wildman–Crippen MR) is 90.7 cm³/mol. The molecule has 1 aliphatic carbocycles. The fourth-order valence-electron chi connectivity index (χ4n) is 5.33. The summed E-state index contributed by atoms with van der Waals surface area (Å²) >= 11 is 0. The maximum atomic E-state index is 11.1.